The summed E-state index contributed by atoms with van der Waals surface area (Å²) in [7, 11) is 0. The van der Waals surface area contributed by atoms with E-state index < -0.39 is 53.5 Å². The number of amides is 1. The monoisotopic (exact) mass is 394 g/mol. The summed E-state index contributed by atoms with van der Waals surface area (Å²) in [6.45, 7) is 1.65. The Balaban J connectivity index is 4.62. The second kappa shape index (κ2) is 12.1. The highest BCUT2D eigenvalue weighted by atomic mass is 32.2. The molecule has 6 N–H and O–H groups in total. The Morgan fingerprint density at radius 1 is 1.08 bits per heavy atom. The van der Waals surface area contributed by atoms with Crippen LogP contribution in [0.25, 0.3) is 0 Å². The molecule has 0 aromatic rings. The molecule has 1 amide bonds. The molecule has 0 aliphatic rings. The summed E-state index contributed by atoms with van der Waals surface area (Å²) >= 11 is 0.677. The van der Waals surface area contributed by atoms with Gasteiger partial charge < -0.3 is 31.1 Å². The van der Waals surface area contributed by atoms with Gasteiger partial charge in [-0.15, -0.1) is 11.8 Å². The number of esters is 1. The Labute approximate surface area is 153 Å². The first-order chi connectivity index (χ1) is 12.1. The van der Waals surface area contributed by atoms with Gasteiger partial charge in [-0.1, -0.05) is 0 Å². The van der Waals surface area contributed by atoms with Gasteiger partial charge in [-0.3, -0.25) is 19.2 Å². The molecule has 0 fully saturated rings. The zero-order chi connectivity index (χ0) is 20.3. The number of hydrogen-bond donors (Lipinski definition) is 5. The number of carbonyl (C=O) groups is 5. The Bertz CT molecular complexity index is 541. The summed E-state index contributed by atoms with van der Waals surface area (Å²) in [5.41, 5.74) is 5.25. The van der Waals surface area contributed by atoms with Crippen LogP contribution in [0.1, 0.15) is 26.2 Å². The number of carboxylic acids is 3. The molecule has 0 aromatic heterocycles. The fraction of sp³-hybridized carbons (Fsp3) is 0.643. The molecule has 3 atom stereocenters. The van der Waals surface area contributed by atoms with E-state index in [4.69, 9.17) is 21.1 Å². The zero-order valence-electron chi connectivity index (χ0n) is 14.0. The summed E-state index contributed by atoms with van der Waals surface area (Å²) in [6.07, 6.45) is -0.921. The smallest absolute Gasteiger partial charge is 0.327 e. The molecule has 11 nitrogen and oxygen atoms in total. The van der Waals surface area contributed by atoms with Crippen molar-refractivity contribution in [3.05, 3.63) is 0 Å². The van der Waals surface area contributed by atoms with Gasteiger partial charge >= 0.3 is 23.9 Å². The molecule has 0 aliphatic carbocycles. The van der Waals surface area contributed by atoms with Gasteiger partial charge in [-0.05, 0) is 13.3 Å². The number of hydrogen-bond acceptors (Lipinski definition) is 8. The molecule has 0 saturated carbocycles. The van der Waals surface area contributed by atoms with Crippen LogP contribution in [-0.2, 0) is 28.7 Å². The van der Waals surface area contributed by atoms with Crippen LogP contribution in [-0.4, -0.2) is 74.8 Å². The van der Waals surface area contributed by atoms with Crippen LogP contribution in [0.4, 0.5) is 0 Å². The molecule has 0 bridgehead atoms. The van der Waals surface area contributed by atoms with Gasteiger partial charge in [0.05, 0.1) is 13.0 Å². The second-order valence-electron chi connectivity index (χ2n) is 5.11. The maximum Gasteiger partial charge on any atom is 0.327 e. The number of nitrogens with one attached hydrogen (secondary N) is 1. The van der Waals surface area contributed by atoms with Crippen LogP contribution in [0, 0.1) is 0 Å². The summed E-state index contributed by atoms with van der Waals surface area (Å²) in [4.78, 5) is 56.0. The number of carbonyl (C=O) groups excluding carboxylic acids is 2. The molecule has 0 spiro atoms. The molecule has 0 saturated heterocycles. The topological polar surface area (TPSA) is 193 Å². The molecule has 26 heavy (non-hydrogen) atoms. The minimum absolute atomic E-state index is 0.0854. The van der Waals surface area contributed by atoms with Crippen molar-refractivity contribution in [1.29, 1.82) is 0 Å². The molecular formula is C14H22N2O9S. The predicted molar refractivity (Wildman–Crippen MR) is 89.5 cm³/mol. The Morgan fingerprint density at radius 2 is 1.69 bits per heavy atom. The minimum Gasteiger partial charge on any atom is -0.480 e. The lowest BCUT2D eigenvalue weighted by Crippen LogP contribution is -2.44. The maximum absolute atomic E-state index is 11.7. The van der Waals surface area contributed by atoms with Crippen LogP contribution in [0.15, 0.2) is 0 Å². The van der Waals surface area contributed by atoms with Gasteiger partial charge in [0.1, 0.15) is 17.3 Å². The average molecular weight is 394 g/mol. The second-order valence-corrected chi connectivity index (χ2v) is 6.35. The molecule has 0 radical (unpaired) electrons. The van der Waals surface area contributed by atoms with Crippen LogP contribution in [0.5, 0.6) is 0 Å². The number of nitrogens with two attached hydrogens (primary N) is 1. The van der Waals surface area contributed by atoms with Crippen molar-refractivity contribution in [3.63, 3.8) is 0 Å². The van der Waals surface area contributed by atoms with E-state index in [-0.39, 0.29) is 25.2 Å². The SMILES string of the molecule is CCOC(=O)CC(SCC(NC(=O)CCC(N)C(=O)O)C(=O)O)C(=O)O. The van der Waals surface area contributed by atoms with E-state index in [0.717, 1.165) is 0 Å². The average Bonchev–Trinajstić information content (AvgIpc) is 2.54. The van der Waals surface area contributed by atoms with Crippen molar-refractivity contribution in [2.24, 2.45) is 5.73 Å². The Morgan fingerprint density at radius 3 is 2.15 bits per heavy atom. The van der Waals surface area contributed by atoms with Crippen molar-refractivity contribution in [2.45, 2.75) is 43.5 Å². The first-order valence-electron chi connectivity index (χ1n) is 7.59. The predicted octanol–water partition coefficient (Wildman–Crippen LogP) is -1.11. The fourth-order valence-electron chi connectivity index (χ4n) is 1.65. The number of ether oxygens (including phenoxy) is 1. The van der Waals surface area contributed by atoms with Crippen LogP contribution < -0.4 is 11.1 Å². The highest BCUT2D eigenvalue weighted by Gasteiger charge is 2.27. The summed E-state index contributed by atoms with van der Waals surface area (Å²) in [5.74, 6) is -5.76. The van der Waals surface area contributed by atoms with Gasteiger partial charge in [0.15, 0.2) is 0 Å². The van der Waals surface area contributed by atoms with Gasteiger partial charge in [0, 0.05) is 12.2 Å². The number of thioether (sulfide) groups is 1. The van der Waals surface area contributed by atoms with Crippen LogP contribution in [0.2, 0.25) is 0 Å². The van der Waals surface area contributed by atoms with Crippen LogP contribution >= 0.6 is 11.8 Å². The van der Waals surface area contributed by atoms with Crippen molar-refractivity contribution >= 4 is 41.5 Å². The minimum atomic E-state index is -1.41. The van der Waals surface area contributed by atoms with Crippen molar-refractivity contribution in [1.82, 2.24) is 5.32 Å². The highest BCUT2D eigenvalue weighted by molar-refractivity contribution is 8.00. The van der Waals surface area contributed by atoms with E-state index in [1.54, 1.807) is 6.92 Å². The molecule has 3 unspecified atom stereocenters. The lowest BCUT2D eigenvalue weighted by Gasteiger charge is -2.17. The van der Waals surface area contributed by atoms with Crippen molar-refractivity contribution in [3.8, 4) is 0 Å². The largest absolute Gasteiger partial charge is 0.480 e. The molecule has 148 valence electrons. The van der Waals surface area contributed by atoms with E-state index >= 15 is 0 Å². The van der Waals surface area contributed by atoms with E-state index in [1.165, 1.54) is 0 Å². The molecule has 0 rings (SSSR count). The third-order valence-electron chi connectivity index (χ3n) is 3.03. The Hall–Kier alpha value is -2.34. The quantitative estimate of drug-likeness (QED) is 0.238. The molecular weight excluding hydrogens is 372 g/mol. The zero-order valence-corrected chi connectivity index (χ0v) is 14.9. The van der Waals surface area contributed by atoms with E-state index in [0.29, 0.717) is 11.8 Å². The first-order valence-corrected chi connectivity index (χ1v) is 8.63. The first kappa shape index (κ1) is 23.7. The van der Waals surface area contributed by atoms with Gasteiger partial charge in [-0.25, -0.2) is 4.79 Å². The molecule has 12 heteroatoms. The summed E-state index contributed by atoms with van der Waals surface area (Å²) in [5, 5.41) is 27.8. The molecule has 0 heterocycles. The number of carboxylic acid groups (broad SMARTS) is 3. The standard InChI is InChI=1S/C14H22N2O9S/c1-2-25-11(18)5-9(14(23)24)26-6-8(13(21)22)16-10(17)4-3-7(15)12(19)20/h7-9H,2-6,15H2,1H3,(H,16,17)(H,19,20)(H,21,22)(H,23,24). The summed E-state index contributed by atoms with van der Waals surface area (Å²) < 4.78 is 4.65. The third-order valence-corrected chi connectivity index (χ3v) is 4.33. The van der Waals surface area contributed by atoms with E-state index in [9.17, 15) is 24.0 Å². The lowest BCUT2D eigenvalue weighted by molar-refractivity contribution is -0.146. The van der Waals surface area contributed by atoms with Gasteiger partial charge in [0.2, 0.25) is 5.91 Å². The van der Waals surface area contributed by atoms with E-state index in [2.05, 4.69) is 10.1 Å². The van der Waals surface area contributed by atoms with Crippen molar-refractivity contribution in [2.75, 3.05) is 12.4 Å². The van der Waals surface area contributed by atoms with Gasteiger partial charge in [-0.2, -0.15) is 0 Å². The van der Waals surface area contributed by atoms with Crippen molar-refractivity contribution < 1.29 is 44.0 Å². The van der Waals surface area contributed by atoms with Crippen LogP contribution in [0.3, 0.4) is 0 Å². The normalized spacial score (nSPS) is 13.9. The van der Waals surface area contributed by atoms with Gasteiger partial charge in [0.25, 0.3) is 0 Å². The number of aliphatic carboxylic acids is 3. The van der Waals surface area contributed by atoms with E-state index in [1.807, 2.05) is 0 Å². The third kappa shape index (κ3) is 9.84. The Kier molecular flexibility index (Phi) is 11.0. The molecule has 0 aromatic carbocycles. The summed E-state index contributed by atoms with van der Waals surface area (Å²) in [6, 6.07) is -2.66. The maximum atomic E-state index is 11.7. The lowest BCUT2D eigenvalue weighted by atomic mass is 10.1. The highest BCUT2D eigenvalue weighted by Crippen LogP contribution is 2.17. The fourth-order valence-corrected chi connectivity index (χ4v) is 2.70. The molecule has 0 aliphatic heterocycles. The number of rotatable bonds is 13.